The van der Waals surface area contributed by atoms with E-state index in [1.807, 2.05) is 43.1 Å². The summed E-state index contributed by atoms with van der Waals surface area (Å²) < 4.78 is 5.74. The number of amides is 1. The minimum atomic E-state index is 0. The van der Waals surface area contributed by atoms with Crippen molar-refractivity contribution in [1.29, 1.82) is 0 Å². The normalized spacial score (nSPS) is 16.6. The highest BCUT2D eigenvalue weighted by Crippen LogP contribution is 2.37. The van der Waals surface area contributed by atoms with Gasteiger partial charge in [-0.2, -0.15) is 0 Å². The van der Waals surface area contributed by atoms with Gasteiger partial charge >= 0.3 is 0 Å². The molecular weight excluding hydrogens is 356 g/mol. The van der Waals surface area contributed by atoms with E-state index < -0.39 is 0 Å². The van der Waals surface area contributed by atoms with Gasteiger partial charge in [-0.15, -0.1) is 23.7 Å². The van der Waals surface area contributed by atoms with Crippen molar-refractivity contribution in [3.05, 3.63) is 41.3 Å². The maximum absolute atomic E-state index is 13.0. The molecule has 1 aliphatic heterocycles. The summed E-state index contributed by atoms with van der Waals surface area (Å²) >= 11 is 1.53. The maximum Gasteiger partial charge on any atom is 0.267 e. The number of rotatable bonds is 6. The Balaban J connectivity index is 0.00000225. The predicted molar refractivity (Wildman–Crippen MR) is 106 cm³/mol. The standard InChI is InChI=1S/C19H24N2O2S.ClH/c1-3-23-16-11-17(15-7-5-4-6-8-15)24-18(16)19(22)21-10-9-14(13-21)12-20-2;/h4-8,11,14,20H,3,9-10,12-13H2,1-2H3;1H. The fraction of sp³-hybridized carbons (Fsp3) is 0.421. The van der Waals surface area contributed by atoms with Crippen LogP contribution in [0, 0.1) is 5.92 Å². The largest absolute Gasteiger partial charge is 0.492 e. The number of halogens is 1. The molecule has 0 radical (unpaired) electrons. The number of benzene rings is 1. The summed E-state index contributed by atoms with van der Waals surface area (Å²) in [5.41, 5.74) is 1.12. The first kappa shape index (κ1) is 19.8. The van der Waals surface area contributed by atoms with Gasteiger partial charge in [0.15, 0.2) is 0 Å². The van der Waals surface area contributed by atoms with Crippen molar-refractivity contribution in [3.63, 3.8) is 0 Å². The molecule has 1 N–H and O–H groups in total. The molecule has 1 saturated heterocycles. The second-order valence-electron chi connectivity index (χ2n) is 6.07. The van der Waals surface area contributed by atoms with E-state index in [4.69, 9.17) is 4.74 Å². The number of carbonyl (C=O) groups excluding carboxylic acids is 1. The Kier molecular flexibility index (Phi) is 7.29. The number of likely N-dealkylation sites (tertiary alicyclic amines) is 1. The quantitative estimate of drug-likeness (QED) is 0.825. The average molecular weight is 381 g/mol. The zero-order valence-corrected chi connectivity index (χ0v) is 16.3. The molecule has 1 amide bonds. The van der Waals surface area contributed by atoms with Crippen molar-refractivity contribution in [2.45, 2.75) is 13.3 Å². The first-order chi connectivity index (χ1) is 11.7. The molecule has 2 heterocycles. The molecular formula is C19H25ClN2O2S. The first-order valence-electron chi connectivity index (χ1n) is 8.48. The third-order valence-electron chi connectivity index (χ3n) is 4.32. The second kappa shape index (κ2) is 9.22. The van der Waals surface area contributed by atoms with Crippen LogP contribution >= 0.6 is 23.7 Å². The monoisotopic (exact) mass is 380 g/mol. The molecule has 3 rings (SSSR count). The minimum Gasteiger partial charge on any atom is -0.492 e. The number of hydrogen-bond donors (Lipinski definition) is 1. The lowest BCUT2D eigenvalue weighted by Crippen LogP contribution is -2.30. The average Bonchev–Trinajstić information content (AvgIpc) is 3.23. The Morgan fingerprint density at radius 1 is 1.36 bits per heavy atom. The Hall–Kier alpha value is -1.56. The third-order valence-corrected chi connectivity index (χ3v) is 5.47. The predicted octanol–water partition coefficient (Wildman–Crippen LogP) is 3.92. The molecule has 1 aromatic heterocycles. The highest BCUT2D eigenvalue weighted by atomic mass is 35.5. The van der Waals surface area contributed by atoms with Gasteiger partial charge in [-0.25, -0.2) is 0 Å². The summed E-state index contributed by atoms with van der Waals surface area (Å²) in [5.74, 6) is 1.36. The van der Waals surface area contributed by atoms with E-state index in [2.05, 4.69) is 17.4 Å². The number of carbonyl (C=O) groups is 1. The van der Waals surface area contributed by atoms with Crippen LogP contribution < -0.4 is 10.1 Å². The second-order valence-corrected chi connectivity index (χ2v) is 7.12. The lowest BCUT2D eigenvalue weighted by molar-refractivity contribution is 0.0788. The molecule has 0 bridgehead atoms. The zero-order valence-electron chi connectivity index (χ0n) is 14.7. The van der Waals surface area contributed by atoms with Crippen LogP contribution in [0.5, 0.6) is 5.75 Å². The number of nitrogens with zero attached hydrogens (tertiary/aromatic N) is 1. The fourth-order valence-electron chi connectivity index (χ4n) is 3.15. The van der Waals surface area contributed by atoms with Gasteiger partial charge in [0.2, 0.25) is 0 Å². The van der Waals surface area contributed by atoms with Crippen LogP contribution in [0.4, 0.5) is 0 Å². The number of nitrogens with one attached hydrogen (secondary N) is 1. The highest BCUT2D eigenvalue weighted by Gasteiger charge is 2.29. The van der Waals surface area contributed by atoms with Crippen LogP contribution in [-0.2, 0) is 0 Å². The first-order valence-corrected chi connectivity index (χ1v) is 9.30. The van der Waals surface area contributed by atoms with Gasteiger partial charge < -0.3 is 15.0 Å². The van der Waals surface area contributed by atoms with Crippen molar-refractivity contribution >= 4 is 29.7 Å². The van der Waals surface area contributed by atoms with Crippen LogP contribution in [0.3, 0.4) is 0 Å². The van der Waals surface area contributed by atoms with Crippen molar-refractivity contribution < 1.29 is 9.53 Å². The van der Waals surface area contributed by atoms with Crippen LogP contribution in [0.25, 0.3) is 10.4 Å². The Bertz CT molecular complexity index is 690. The van der Waals surface area contributed by atoms with Crippen molar-refractivity contribution in [1.82, 2.24) is 10.2 Å². The smallest absolute Gasteiger partial charge is 0.267 e. The van der Waals surface area contributed by atoms with Crippen LogP contribution in [0.2, 0.25) is 0 Å². The third kappa shape index (κ3) is 4.54. The van der Waals surface area contributed by atoms with E-state index in [0.717, 1.165) is 41.4 Å². The number of hydrogen-bond acceptors (Lipinski definition) is 4. The van der Waals surface area contributed by atoms with E-state index in [1.165, 1.54) is 11.3 Å². The lowest BCUT2D eigenvalue weighted by atomic mass is 10.1. The topological polar surface area (TPSA) is 41.6 Å². The van der Waals surface area contributed by atoms with Crippen molar-refractivity contribution in [3.8, 4) is 16.2 Å². The molecule has 0 saturated carbocycles. The molecule has 1 atom stereocenters. The molecule has 1 unspecified atom stereocenters. The summed E-state index contributed by atoms with van der Waals surface area (Å²) in [7, 11) is 1.96. The van der Waals surface area contributed by atoms with Gasteiger partial charge in [-0.05, 0) is 44.5 Å². The molecule has 1 aromatic carbocycles. The van der Waals surface area contributed by atoms with E-state index in [1.54, 1.807) is 0 Å². The van der Waals surface area contributed by atoms with E-state index >= 15 is 0 Å². The fourth-order valence-corrected chi connectivity index (χ4v) is 4.22. The SMILES string of the molecule is CCOc1cc(-c2ccccc2)sc1C(=O)N1CCC(CNC)C1.Cl. The molecule has 6 heteroatoms. The molecule has 4 nitrogen and oxygen atoms in total. The Labute approximate surface area is 159 Å². The lowest BCUT2D eigenvalue weighted by Gasteiger charge is -2.16. The van der Waals surface area contributed by atoms with Crippen LogP contribution in [-0.4, -0.2) is 44.1 Å². The summed E-state index contributed by atoms with van der Waals surface area (Å²) in [6.45, 7) is 5.13. The Morgan fingerprint density at radius 3 is 2.80 bits per heavy atom. The van der Waals surface area contributed by atoms with Crippen molar-refractivity contribution in [2.75, 3.05) is 33.3 Å². The minimum absolute atomic E-state index is 0. The number of ether oxygens (including phenoxy) is 1. The molecule has 136 valence electrons. The summed E-state index contributed by atoms with van der Waals surface area (Å²) in [4.78, 5) is 16.7. The van der Waals surface area contributed by atoms with Gasteiger partial charge in [-0.1, -0.05) is 30.3 Å². The van der Waals surface area contributed by atoms with Crippen LogP contribution in [0.1, 0.15) is 23.0 Å². The van der Waals surface area contributed by atoms with Gasteiger partial charge in [0.1, 0.15) is 10.6 Å². The molecule has 1 aliphatic rings. The van der Waals surface area contributed by atoms with E-state index in [0.29, 0.717) is 18.3 Å². The van der Waals surface area contributed by atoms with Gasteiger partial charge in [-0.3, -0.25) is 4.79 Å². The highest BCUT2D eigenvalue weighted by molar-refractivity contribution is 7.17. The van der Waals surface area contributed by atoms with Gasteiger partial charge in [0.25, 0.3) is 5.91 Å². The summed E-state index contributed by atoms with van der Waals surface area (Å²) in [6, 6.07) is 12.2. The Morgan fingerprint density at radius 2 is 2.12 bits per heavy atom. The molecule has 25 heavy (non-hydrogen) atoms. The molecule has 1 fully saturated rings. The van der Waals surface area contributed by atoms with Crippen molar-refractivity contribution in [2.24, 2.45) is 5.92 Å². The zero-order chi connectivity index (χ0) is 16.9. The summed E-state index contributed by atoms with van der Waals surface area (Å²) in [5, 5.41) is 3.21. The molecule has 2 aromatic rings. The van der Waals surface area contributed by atoms with Crippen LogP contribution in [0.15, 0.2) is 36.4 Å². The van der Waals surface area contributed by atoms with E-state index in [-0.39, 0.29) is 18.3 Å². The van der Waals surface area contributed by atoms with Gasteiger partial charge in [0, 0.05) is 18.0 Å². The number of thiophene rings is 1. The molecule has 0 spiro atoms. The summed E-state index contributed by atoms with van der Waals surface area (Å²) in [6.07, 6.45) is 1.06. The maximum atomic E-state index is 13.0. The molecule has 0 aliphatic carbocycles. The van der Waals surface area contributed by atoms with E-state index in [9.17, 15) is 4.79 Å². The van der Waals surface area contributed by atoms with Gasteiger partial charge in [0.05, 0.1) is 6.61 Å².